The minimum absolute atomic E-state index is 0.168. The predicted octanol–water partition coefficient (Wildman–Crippen LogP) is 0.359. The van der Waals surface area contributed by atoms with Crippen LogP contribution < -0.4 is 5.73 Å². The van der Waals surface area contributed by atoms with E-state index in [4.69, 9.17) is 16.5 Å². The summed E-state index contributed by atoms with van der Waals surface area (Å²) in [6.45, 7) is 0. The molecule has 0 fully saturated rings. The maximum Gasteiger partial charge on any atom is 0.188 e. The highest BCUT2D eigenvalue weighted by Crippen LogP contribution is 2.07. The molecule has 0 radical (unpaired) electrons. The highest BCUT2D eigenvalue weighted by atomic mass is 32.2. The molecule has 0 bridgehead atoms. The van der Waals surface area contributed by atoms with Gasteiger partial charge >= 0.3 is 0 Å². The van der Waals surface area contributed by atoms with Crippen molar-refractivity contribution in [3.8, 4) is 0 Å². The van der Waals surface area contributed by atoms with Crippen molar-refractivity contribution in [2.45, 2.75) is 5.75 Å². The first-order chi connectivity index (χ1) is 8.48. The Morgan fingerprint density at radius 2 is 2.28 bits per heavy atom. The number of azide groups is 1. The normalized spacial score (nSPS) is 11.9. The van der Waals surface area contributed by atoms with E-state index in [1.54, 1.807) is 0 Å². The third-order valence-corrected chi connectivity index (χ3v) is 3.18. The number of hydrogen-bond donors (Lipinski definition) is 2. The summed E-state index contributed by atoms with van der Waals surface area (Å²) in [4.78, 5) is 6.21. The van der Waals surface area contributed by atoms with Gasteiger partial charge in [0.25, 0.3) is 0 Å². The molecule has 0 aliphatic rings. The van der Waals surface area contributed by atoms with E-state index in [0.29, 0.717) is 5.56 Å². The van der Waals surface area contributed by atoms with Crippen molar-refractivity contribution in [2.24, 2.45) is 16.0 Å². The second-order valence-corrected chi connectivity index (χ2v) is 5.32. The van der Waals surface area contributed by atoms with Gasteiger partial charge in [0.15, 0.2) is 15.7 Å². The van der Waals surface area contributed by atoms with Crippen LogP contribution in [0.25, 0.3) is 10.4 Å². The molecule has 0 aliphatic heterocycles. The van der Waals surface area contributed by atoms with Gasteiger partial charge in [-0.1, -0.05) is 16.3 Å². The maximum absolute atomic E-state index is 11.5. The highest BCUT2D eigenvalue weighted by molar-refractivity contribution is 7.90. The van der Waals surface area contributed by atoms with E-state index in [9.17, 15) is 8.42 Å². The number of sulfone groups is 1. The molecule has 18 heavy (non-hydrogen) atoms. The molecular formula is C8H10N6O3S. The van der Waals surface area contributed by atoms with Crippen LogP contribution in [0.1, 0.15) is 11.3 Å². The van der Waals surface area contributed by atoms with Crippen molar-refractivity contribution in [3.63, 3.8) is 0 Å². The lowest BCUT2D eigenvalue weighted by Crippen LogP contribution is -2.15. The van der Waals surface area contributed by atoms with Crippen LogP contribution in [0.2, 0.25) is 0 Å². The summed E-state index contributed by atoms with van der Waals surface area (Å²) in [7, 11) is -3.51. The van der Waals surface area contributed by atoms with Crippen LogP contribution in [0.15, 0.2) is 28.6 Å². The van der Waals surface area contributed by atoms with Gasteiger partial charge in [-0.15, -0.1) is 0 Å². The van der Waals surface area contributed by atoms with Gasteiger partial charge in [-0.25, -0.2) is 8.42 Å². The van der Waals surface area contributed by atoms with E-state index in [1.807, 2.05) is 0 Å². The van der Waals surface area contributed by atoms with E-state index in [0.717, 1.165) is 0 Å². The first-order valence-corrected chi connectivity index (χ1v) is 6.45. The molecule has 0 saturated heterocycles. The lowest BCUT2D eigenvalue weighted by Gasteiger charge is -2.02. The molecule has 1 heterocycles. The molecule has 0 unspecified atom stereocenters. The maximum atomic E-state index is 11.5. The fourth-order valence-corrected chi connectivity index (χ4v) is 2.12. The van der Waals surface area contributed by atoms with E-state index in [1.165, 1.54) is 18.3 Å². The summed E-state index contributed by atoms with van der Waals surface area (Å²) in [5.74, 6) is -1.07. The van der Waals surface area contributed by atoms with E-state index in [-0.39, 0.29) is 17.3 Å². The number of nitrogens with zero attached hydrogens (tertiary/aromatic N) is 5. The zero-order chi connectivity index (χ0) is 13.6. The number of oxime groups is 1. The fraction of sp³-hybridized carbons (Fsp3) is 0.250. The Bertz CT molecular complexity index is 588. The smallest absolute Gasteiger partial charge is 0.188 e. The highest BCUT2D eigenvalue weighted by Gasteiger charge is 2.11. The van der Waals surface area contributed by atoms with Gasteiger partial charge in [0.1, 0.15) is 11.6 Å². The van der Waals surface area contributed by atoms with Gasteiger partial charge in [0.2, 0.25) is 0 Å². The molecule has 0 aliphatic carbocycles. The van der Waals surface area contributed by atoms with Crippen LogP contribution in [0.5, 0.6) is 0 Å². The number of amidine groups is 1. The molecule has 3 N–H and O–H groups in total. The standard InChI is InChI=1S/C8H10N6O3S/c9-8(13-15)7-2-1-6(3-11-7)4-18(16,17)5-12-14-10/h1-3,15H,4-5H2,(H2,9,13). The largest absolute Gasteiger partial charge is 0.409 e. The second-order valence-electron chi connectivity index (χ2n) is 3.28. The Hall–Kier alpha value is -2.32. The van der Waals surface area contributed by atoms with Crippen LogP contribution in [-0.2, 0) is 15.6 Å². The van der Waals surface area contributed by atoms with Crippen LogP contribution in [-0.4, -0.2) is 30.3 Å². The van der Waals surface area contributed by atoms with Crippen molar-refractivity contribution in [3.05, 3.63) is 40.0 Å². The van der Waals surface area contributed by atoms with Crippen LogP contribution >= 0.6 is 0 Å². The first-order valence-electron chi connectivity index (χ1n) is 4.62. The van der Waals surface area contributed by atoms with Crippen LogP contribution in [0, 0.1) is 0 Å². The number of hydrogen-bond acceptors (Lipinski definition) is 6. The molecule has 0 aromatic carbocycles. The molecule has 1 rings (SSSR count). The molecule has 0 atom stereocenters. The predicted molar refractivity (Wildman–Crippen MR) is 63.4 cm³/mol. The Kier molecular flexibility index (Phi) is 4.46. The van der Waals surface area contributed by atoms with Gasteiger partial charge in [-0.3, -0.25) is 4.98 Å². The average Bonchev–Trinajstić information content (AvgIpc) is 2.36. The summed E-state index contributed by atoms with van der Waals surface area (Å²) < 4.78 is 22.9. The van der Waals surface area contributed by atoms with E-state index in [2.05, 4.69) is 20.2 Å². The van der Waals surface area contributed by atoms with Crippen LogP contribution in [0.3, 0.4) is 0 Å². The third kappa shape index (κ3) is 3.92. The molecule has 0 spiro atoms. The summed E-state index contributed by atoms with van der Waals surface area (Å²) >= 11 is 0. The first kappa shape index (κ1) is 13.7. The van der Waals surface area contributed by atoms with Gasteiger partial charge in [0.05, 0.1) is 5.75 Å². The second kappa shape index (κ2) is 5.84. The zero-order valence-corrected chi connectivity index (χ0v) is 9.95. The molecule has 0 amide bonds. The topological polar surface area (TPSA) is 154 Å². The molecule has 1 aromatic rings. The van der Waals surface area contributed by atoms with Gasteiger partial charge in [-0.2, -0.15) is 0 Å². The third-order valence-electron chi connectivity index (χ3n) is 1.90. The average molecular weight is 270 g/mol. The number of nitrogens with two attached hydrogens (primary N) is 1. The lowest BCUT2D eigenvalue weighted by molar-refractivity contribution is 0.318. The quantitative estimate of drug-likeness (QED) is 0.150. The molecule has 0 saturated carbocycles. The summed E-state index contributed by atoms with van der Waals surface area (Å²) in [5.41, 5.74) is 14.0. The van der Waals surface area contributed by atoms with Crippen molar-refractivity contribution in [1.29, 1.82) is 0 Å². The van der Waals surface area contributed by atoms with Crippen molar-refractivity contribution in [1.82, 2.24) is 4.98 Å². The van der Waals surface area contributed by atoms with Crippen molar-refractivity contribution in [2.75, 3.05) is 5.88 Å². The minimum Gasteiger partial charge on any atom is -0.409 e. The monoisotopic (exact) mass is 270 g/mol. The summed E-state index contributed by atoms with van der Waals surface area (Å²) in [6.07, 6.45) is 1.29. The molecular weight excluding hydrogens is 260 g/mol. The molecule has 1 aromatic heterocycles. The molecule has 10 heteroatoms. The fourth-order valence-electron chi connectivity index (χ4n) is 1.13. The number of rotatable bonds is 5. The summed E-state index contributed by atoms with van der Waals surface area (Å²) in [6, 6.07) is 2.90. The minimum atomic E-state index is -3.51. The van der Waals surface area contributed by atoms with E-state index < -0.39 is 15.7 Å². The van der Waals surface area contributed by atoms with Crippen LogP contribution in [0.4, 0.5) is 0 Å². The Morgan fingerprint density at radius 1 is 1.56 bits per heavy atom. The Balaban J connectivity index is 2.84. The van der Waals surface area contributed by atoms with Gasteiger partial charge < -0.3 is 10.9 Å². The Morgan fingerprint density at radius 3 is 2.78 bits per heavy atom. The molecule has 9 nitrogen and oxygen atoms in total. The molecule has 96 valence electrons. The number of pyridine rings is 1. The Labute approximate surface area is 102 Å². The summed E-state index contributed by atoms with van der Waals surface area (Å²) in [5, 5.41) is 14.2. The van der Waals surface area contributed by atoms with Gasteiger partial charge in [-0.05, 0) is 17.2 Å². The zero-order valence-electron chi connectivity index (χ0n) is 9.13. The number of aromatic nitrogens is 1. The van der Waals surface area contributed by atoms with Crippen molar-refractivity contribution >= 4 is 15.7 Å². The van der Waals surface area contributed by atoms with Gasteiger partial charge in [0, 0.05) is 11.1 Å². The SMILES string of the molecule is [N-]=[N+]=NCS(=O)(=O)Cc1ccc(/C(N)=N/O)nc1. The lowest BCUT2D eigenvalue weighted by atomic mass is 10.2. The van der Waals surface area contributed by atoms with Crippen molar-refractivity contribution < 1.29 is 13.6 Å². The van der Waals surface area contributed by atoms with E-state index >= 15 is 0 Å².